The third-order valence-electron chi connectivity index (χ3n) is 3.93. The number of aryl methyl sites for hydroxylation is 2. The zero-order valence-corrected chi connectivity index (χ0v) is 11.3. The van der Waals surface area contributed by atoms with E-state index in [1.165, 1.54) is 24.0 Å². The lowest BCUT2D eigenvalue weighted by Crippen LogP contribution is -2.34. The van der Waals surface area contributed by atoms with Gasteiger partial charge < -0.3 is 9.88 Å². The Morgan fingerprint density at radius 2 is 2.16 bits per heavy atom. The van der Waals surface area contributed by atoms with Crippen LogP contribution < -0.4 is 5.32 Å². The van der Waals surface area contributed by atoms with Gasteiger partial charge in [0.15, 0.2) is 0 Å². The van der Waals surface area contributed by atoms with Gasteiger partial charge in [0.2, 0.25) is 0 Å². The number of hydrogen-bond donors (Lipinski definition) is 1. The van der Waals surface area contributed by atoms with E-state index in [9.17, 15) is 0 Å². The summed E-state index contributed by atoms with van der Waals surface area (Å²) in [7, 11) is 0. The summed E-state index contributed by atoms with van der Waals surface area (Å²) in [5, 5.41) is 11.7. The van der Waals surface area contributed by atoms with Crippen molar-refractivity contribution < 1.29 is 0 Å². The van der Waals surface area contributed by atoms with Crippen LogP contribution in [0.1, 0.15) is 30.3 Å². The van der Waals surface area contributed by atoms with E-state index >= 15 is 0 Å². The fraction of sp³-hybridized carbons (Fsp3) is 0.467. The van der Waals surface area contributed by atoms with E-state index in [-0.39, 0.29) is 0 Å². The summed E-state index contributed by atoms with van der Waals surface area (Å²) in [4.78, 5) is 0. The molecule has 19 heavy (non-hydrogen) atoms. The molecular weight excluding hydrogens is 236 g/mol. The molecule has 0 fully saturated rings. The molecule has 0 spiro atoms. The van der Waals surface area contributed by atoms with Crippen LogP contribution >= 0.6 is 0 Å². The molecule has 1 heterocycles. The first-order valence-electron chi connectivity index (χ1n) is 7.03. The van der Waals surface area contributed by atoms with Gasteiger partial charge in [0.1, 0.15) is 12.2 Å². The number of hydrogen-bond acceptors (Lipinski definition) is 3. The van der Waals surface area contributed by atoms with Crippen LogP contribution in [0, 0.1) is 0 Å². The van der Waals surface area contributed by atoms with Crippen LogP contribution in [0.3, 0.4) is 0 Å². The minimum Gasteiger partial charge on any atom is -0.317 e. The van der Waals surface area contributed by atoms with Crippen molar-refractivity contribution in [1.29, 1.82) is 0 Å². The number of fused-ring (bicyclic) bond motifs is 1. The molecule has 0 saturated heterocycles. The highest BCUT2D eigenvalue weighted by Gasteiger charge is 2.18. The maximum atomic E-state index is 4.17. The lowest BCUT2D eigenvalue weighted by atomic mass is 9.88. The topological polar surface area (TPSA) is 42.7 Å². The number of nitrogens with zero attached hydrogens (tertiary/aromatic N) is 3. The zero-order chi connectivity index (χ0) is 13.1. The van der Waals surface area contributed by atoms with Crippen LogP contribution in [0.15, 0.2) is 30.6 Å². The molecule has 4 nitrogen and oxygen atoms in total. The monoisotopic (exact) mass is 256 g/mol. The maximum Gasteiger partial charge on any atom is 0.146 e. The predicted molar refractivity (Wildman–Crippen MR) is 74.8 cm³/mol. The number of aromatic nitrogens is 3. The Balaban J connectivity index is 1.61. The number of benzene rings is 1. The molecule has 0 unspecified atom stereocenters. The van der Waals surface area contributed by atoms with Gasteiger partial charge in [0, 0.05) is 12.6 Å². The Hall–Kier alpha value is -1.68. The van der Waals surface area contributed by atoms with Crippen LogP contribution in [-0.2, 0) is 25.9 Å². The van der Waals surface area contributed by atoms with Gasteiger partial charge in [-0.05, 0) is 37.3 Å². The summed E-state index contributed by atoms with van der Waals surface area (Å²) in [6.07, 6.45) is 5.30. The van der Waals surface area contributed by atoms with E-state index in [1.54, 1.807) is 6.33 Å². The van der Waals surface area contributed by atoms with E-state index in [4.69, 9.17) is 0 Å². The van der Waals surface area contributed by atoms with Gasteiger partial charge in [-0.3, -0.25) is 0 Å². The van der Waals surface area contributed by atoms with Crippen molar-refractivity contribution in [2.75, 3.05) is 0 Å². The Morgan fingerprint density at radius 3 is 3.00 bits per heavy atom. The summed E-state index contributed by atoms with van der Waals surface area (Å²) < 4.78 is 2.09. The molecule has 0 saturated carbocycles. The molecule has 0 bridgehead atoms. The van der Waals surface area contributed by atoms with Crippen LogP contribution in [0.2, 0.25) is 0 Å². The first kappa shape index (κ1) is 12.4. The van der Waals surface area contributed by atoms with E-state index in [0.29, 0.717) is 6.04 Å². The summed E-state index contributed by atoms with van der Waals surface area (Å²) in [5.74, 6) is 1.03. The van der Waals surface area contributed by atoms with Gasteiger partial charge in [0.05, 0.1) is 6.54 Å². The van der Waals surface area contributed by atoms with E-state index in [2.05, 4.69) is 51.3 Å². The summed E-state index contributed by atoms with van der Waals surface area (Å²) in [6, 6.07) is 9.32. The molecule has 4 heteroatoms. The molecule has 0 amide bonds. The highest BCUT2D eigenvalue weighted by molar-refractivity contribution is 5.30. The van der Waals surface area contributed by atoms with Crippen molar-refractivity contribution in [3.63, 3.8) is 0 Å². The van der Waals surface area contributed by atoms with Gasteiger partial charge in [-0.2, -0.15) is 0 Å². The van der Waals surface area contributed by atoms with Gasteiger partial charge in [-0.1, -0.05) is 24.3 Å². The summed E-state index contributed by atoms with van der Waals surface area (Å²) >= 11 is 0. The Labute approximate surface area is 113 Å². The molecule has 2 aromatic rings. The predicted octanol–water partition coefficient (Wildman–Crippen LogP) is 1.95. The lowest BCUT2D eigenvalue weighted by molar-refractivity contribution is 0.445. The van der Waals surface area contributed by atoms with Crippen molar-refractivity contribution >= 4 is 0 Å². The molecule has 1 N–H and O–H groups in total. The highest BCUT2D eigenvalue weighted by Crippen LogP contribution is 2.21. The second kappa shape index (κ2) is 5.53. The SMILES string of the molecule is CCn1cnnc1CN[C@@H]1CCc2ccccc2C1. The maximum absolute atomic E-state index is 4.17. The fourth-order valence-electron chi connectivity index (χ4n) is 2.79. The molecule has 100 valence electrons. The lowest BCUT2D eigenvalue weighted by Gasteiger charge is -2.25. The standard InChI is InChI=1S/C15H20N4/c1-2-19-11-17-18-15(19)10-16-14-8-7-12-5-3-4-6-13(12)9-14/h3-6,11,14,16H,2,7-10H2,1H3/t14-/m1/s1. The molecule has 1 aromatic heterocycles. The van der Waals surface area contributed by atoms with Crippen molar-refractivity contribution in [2.45, 2.75) is 45.3 Å². The first-order valence-corrected chi connectivity index (χ1v) is 7.03. The van der Waals surface area contributed by atoms with Crippen molar-refractivity contribution in [1.82, 2.24) is 20.1 Å². The largest absolute Gasteiger partial charge is 0.317 e. The number of rotatable bonds is 4. The van der Waals surface area contributed by atoms with Gasteiger partial charge in [0.25, 0.3) is 0 Å². The normalized spacial score (nSPS) is 18.3. The van der Waals surface area contributed by atoms with E-state index < -0.39 is 0 Å². The number of nitrogens with one attached hydrogen (secondary N) is 1. The first-order chi connectivity index (χ1) is 9.36. The highest BCUT2D eigenvalue weighted by atomic mass is 15.3. The van der Waals surface area contributed by atoms with Crippen molar-refractivity contribution in [2.24, 2.45) is 0 Å². The summed E-state index contributed by atoms with van der Waals surface area (Å²) in [6.45, 7) is 3.85. The van der Waals surface area contributed by atoms with E-state index in [1.807, 2.05) is 0 Å². The second-order valence-electron chi connectivity index (χ2n) is 5.12. The van der Waals surface area contributed by atoms with Crippen LogP contribution in [0.5, 0.6) is 0 Å². The third kappa shape index (κ3) is 2.68. The molecule has 3 rings (SSSR count). The van der Waals surface area contributed by atoms with Crippen LogP contribution in [0.25, 0.3) is 0 Å². The smallest absolute Gasteiger partial charge is 0.146 e. The molecule has 1 aliphatic carbocycles. The quantitative estimate of drug-likeness (QED) is 0.909. The average molecular weight is 256 g/mol. The van der Waals surface area contributed by atoms with Crippen molar-refractivity contribution in [3.8, 4) is 0 Å². The van der Waals surface area contributed by atoms with Crippen LogP contribution in [-0.4, -0.2) is 20.8 Å². The molecule has 1 atom stereocenters. The minimum atomic E-state index is 0.553. The fourth-order valence-corrected chi connectivity index (χ4v) is 2.79. The Morgan fingerprint density at radius 1 is 1.32 bits per heavy atom. The molecule has 1 aromatic carbocycles. The van der Waals surface area contributed by atoms with Gasteiger partial charge in [-0.15, -0.1) is 10.2 Å². The zero-order valence-electron chi connectivity index (χ0n) is 11.3. The molecule has 0 radical (unpaired) electrons. The minimum absolute atomic E-state index is 0.553. The molecule has 0 aliphatic heterocycles. The summed E-state index contributed by atoms with van der Waals surface area (Å²) in [5.41, 5.74) is 3.00. The Bertz CT molecular complexity index is 547. The second-order valence-corrected chi connectivity index (χ2v) is 5.12. The van der Waals surface area contributed by atoms with Crippen LogP contribution in [0.4, 0.5) is 0 Å². The van der Waals surface area contributed by atoms with Gasteiger partial charge >= 0.3 is 0 Å². The Kier molecular flexibility index (Phi) is 3.60. The van der Waals surface area contributed by atoms with E-state index in [0.717, 1.165) is 25.3 Å². The molecule has 1 aliphatic rings. The third-order valence-corrected chi connectivity index (χ3v) is 3.93. The average Bonchev–Trinajstić information content (AvgIpc) is 2.92. The van der Waals surface area contributed by atoms with Gasteiger partial charge in [-0.25, -0.2) is 0 Å². The molecular formula is C15H20N4. The van der Waals surface area contributed by atoms with Crippen molar-refractivity contribution in [3.05, 3.63) is 47.5 Å².